The van der Waals surface area contributed by atoms with Gasteiger partial charge < -0.3 is 0 Å². The monoisotopic (exact) mass is 268 g/mol. The quantitative estimate of drug-likeness (QED) is 0.624. The van der Waals surface area contributed by atoms with E-state index in [2.05, 4.69) is 15.9 Å². The molecule has 0 heterocycles. The SMILES string of the molecule is CC(=O)C(=O)C(Br)c1ccc(C)cc1C. The van der Waals surface area contributed by atoms with Crippen molar-refractivity contribution in [3.8, 4) is 0 Å². The Morgan fingerprint density at radius 1 is 1.27 bits per heavy atom. The molecule has 0 fully saturated rings. The molecule has 1 unspecified atom stereocenters. The molecule has 80 valence electrons. The standard InChI is InChI=1S/C12H13BrO2/c1-7-4-5-10(8(2)6-7)11(13)12(15)9(3)14/h4-6,11H,1-3H3. The number of Topliss-reactive ketones (excluding diaryl/α,β-unsaturated/α-hetero) is 2. The normalized spacial score (nSPS) is 12.3. The molecule has 0 radical (unpaired) electrons. The lowest BCUT2D eigenvalue weighted by Gasteiger charge is -2.11. The number of carbonyl (C=O) groups excluding carboxylic acids is 2. The van der Waals surface area contributed by atoms with Crippen molar-refractivity contribution in [2.24, 2.45) is 0 Å². The van der Waals surface area contributed by atoms with Crippen molar-refractivity contribution in [2.45, 2.75) is 25.6 Å². The first kappa shape index (κ1) is 12.1. The Hall–Kier alpha value is -0.960. The number of carbonyl (C=O) groups is 2. The molecule has 0 N–H and O–H groups in total. The molecular weight excluding hydrogens is 256 g/mol. The molecule has 15 heavy (non-hydrogen) atoms. The Labute approximate surface area is 97.8 Å². The van der Waals surface area contributed by atoms with Gasteiger partial charge in [0.15, 0.2) is 5.78 Å². The van der Waals surface area contributed by atoms with Gasteiger partial charge in [-0.1, -0.05) is 39.7 Å². The molecule has 0 aliphatic rings. The van der Waals surface area contributed by atoms with Crippen molar-refractivity contribution in [3.63, 3.8) is 0 Å². The zero-order valence-corrected chi connectivity index (χ0v) is 10.6. The maximum atomic E-state index is 11.5. The number of halogens is 1. The van der Waals surface area contributed by atoms with Crippen molar-refractivity contribution in [2.75, 3.05) is 0 Å². The molecule has 1 aromatic rings. The van der Waals surface area contributed by atoms with Gasteiger partial charge in [0.2, 0.25) is 5.78 Å². The average molecular weight is 269 g/mol. The number of hydrogen-bond donors (Lipinski definition) is 0. The summed E-state index contributed by atoms with van der Waals surface area (Å²) in [5.41, 5.74) is 3.03. The highest BCUT2D eigenvalue weighted by molar-refractivity contribution is 9.09. The minimum atomic E-state index is -0.518. The molecule has 0 saturated heterocycles. The summed E-state index contributed by atoms with van der Waals surface area (Å²) in [4.78, 5) is 21.9. The van der Waals surface area contributed by atoms with E-state index in [1.807, 2.05) is 32.0 Å². The van der Waals surface area contributed by atoms with E-state index >= 15 is 0 Å². The lowest BCUT2D eigenvalue weighted by molar-refractivity contribution is -0.135. The van der Waals surface area contributed by atoms with Gasteiger partial charge in [-0.15, -0.1) is 0 Å². The highest BCUT2D eigenvalue weighted by atomic mass is 79.9. The molecule has 1 atom stereocenters. The van der Waals surface area contributed by atoms with E-state index in [-0.39, 0.29) is 0 Å². The first-order valence-corrected chi connectivity index (χ1v) is 5.61. The summed E-state index contributed by atoms with van der Waals surface area (Å²) < 4.78 is 0. The molecule has 1 aromatic carbocycles. The molecule has 0 saturated carbocycles. The Morgan fingerprint density at radius 3 is 2.33 bits per heavy atom. The Kier molecular flexibility index (Phi) is 3.80. The summed E-state index contributed by atoms with van der Waals surface area (Å²) in [6, 6.07) is 5.81. The zero-order chi connectivity index (χ0) is 11.6. The van der Waals surface area contributed by atoms with E-state index in [1.54, 1.807) is 0 Å². The van der Waals surface area contributed by atoms with E-state index < -0.39 is 16.4 Å². The summed E-state index contributed by atoms with van der Waals surface area (Å²) in [6.45, 7) is 5.22. The second kappa shape index (κ2) is 4.71. The predicted octanol–water partition coefficient (Wildman–Crippen LogP) is 2.90. The van der Waals surface area contributed by atoms with Gasteiger partial charge in [-0.2, -0.15) is 0 Å². The Balaban J connectivity index is 3.06. The van der Waals surface area contributed by atoms with Gasteiger partial charge in [0.05, 0.1) is 0 Å². The second-order valence-electron chi connectivity index (χ2n) is 3.64. The summed E-state index contributed by atoms with van der Waals surface area (Å²) >= 11 is 3.26. The van der Waals surface area contributed by atoms with Crippen LogP contribution in [0.3, 0.4) is 0 Å². The molecule has 0 amide bonds. The predicted molar refractivity (Wildman–Crippen MR) is 63.3 cm³/mol. The number of rotatable bonds is 3. The van der Waals surface area contributed by atoms with Gasteiger partial charge in [0.25, 0.3) is 0 Å². The smallest absolute Gasteiger partial charge is 0.216 e. The van der Waals surface area contributed by atoms with Crippen LogP contribution in [0.2, 0.25) is 0 Å². The van der Waals surface area contributed by atoms with E-state index in [4.69, 9.17) is 0 Å². The van der Waals surface area contributed by atoms with Crippen LogP contribution < -0.4 is 0 Å². The van der Waals surface area contributed by atoms with Crippen LogP contribution in [0.15, 0.2) is 18.2 Å². The number of benzene rings is 1. The van der Waals surface area contributed by atoms with Crippen molar-refractivity contribution in [3.05, 3.63) is 34.9 Å². The van der Waals surface area contributed by atoms with E-state index in [0.29, 0.717) is 0 Å². The molecule has 3 heteroatoms. The van der Waals surface area contributed by atoms with Crippen LogP contribution in [-0.4, -0.2) is 11.6 Å². The summed E-state index contributed by atoms with van der Waals surface area (Å²) in [7, 11) is 0. The van der Waals surface area contributed by atoms with Gasteiger partial charge in [-0.3, -0.25) is 9.59 Å². The van der Waals surface area contributed by atoms with Crippen LogP contribution in [0.4, 0.5) is 0 Å². The number of aryl methyl sites for hydroxylation is 2. The summed E-state index contributed by atoms with van der Waals surface area (Å²) in [5, 5.41) is 0. The first-order valence-electron chi connectivity index (χ1n) is 4.69. The third-order valence-corrected chi connectivity index (χ3v) is 3.18. The fourth-order valence-electron chi connectivity index (χ4n) is 1.43. The number of alkyl halides is 1. The van der Waals surface area contributed by atoms with Crippen LogP contribution in [-0.2, 0) is 9.59 Å². The fraction of sp³-hybridized carbons (Fsp3) is 0.333. The Bertz CT molecular complexity index is 410. The van der Waals surface area contributed by atoms with Crippen LogP contribution in [0.25, 0.3) is 0 Å². The van der Waals surface area contributed by atoms with Crippen molar-refractivity contribution in [1.82, 2.24) is 0 Å². The number of ketones is 2. The molecule has 0 spiro atoms. The molecule has 0 aliphatic carbocycles. The highest BCUT2D eigenvalue weighted by Gasteiger charge is 2.22. The van der Waals surface area contributed by atoms with Gasteiger partial charge in [0, 0.05) is 6.92 Å². The first-order chi connectivity index (χ1) is 6.93. The third-order valence-electron chi connectivity index (χ3n) is 2.28. The zero-order valence-electron chi connectivity index (χ0n) is 9.00. The molecular formula is C12H13BrO2. The topological polar surface area (TPSA) is 34.1 Å². The van der Waals surface area contributed by atoms with Crippen LogP contribution in [0, 0.1) is 13.8 Å². The number of hydrogen-bond acceptors (Lipinski definition) is 2. The lowest BCUT2D eigenvalue weighted by atomic mass is 10.00. The van der Waals surface area contributed by atoms with Crippen LogP contribution in [0.1, 0.15) is 28.4 Å². The largest absolute Gasteiger partial charge is 0.291 e. The van der Waals surface area contributed by atoms with Gasteiger partial charge >= 0.3 is 0 Å². The lowest BCUT2D eigenvalue weighted by Crippen LogP contribution is -2.16. The minimum Gasteiger partial charge on any atom is -0.291 e. The van der Waals surface area contributed by atoms with Crippen molar-refractivity contribution in [1.29, 1.82) is 0 Å². The molecule has 0 aromatic heterocycles. The summed E-state index contributed by atoms with van der Waals surface area (Å²) in [6.07, 6.45) is 0. The molecule has 1 rings (SSSR count). The molecule has 2 nitrogen and oxygen atoms in total. The van der Waals surface area contributed by atoms with E-state index in [9.17, 15) is 9.59 Å². The Morgan fingerprint density at radius 2 is 1.87 bits per heavy atom. The van der Waals surface area contributed by atoms with Crippen molar-refractivity contribution < 1.29 is 9.59 Å². The molecule has 0 bridgehead atoms. The van der Waals surface area contributed by atoms with E-state index in [1.165, 1.54) is 6.92 Å². The maximum Gasteiger partial charge on any atom is 0.216 e. The maximum absolute atomic E-state index is 11.5. The third kappa shape index (κ3) is 2.75. The van der Waals surface area contributed by atoms with Crippen molar-refractivity contribution >= 4 is 27.5 Å². The second-order valence-corrected chi connectivity index (χ2v) is 4.56. The van der Waals surface area contributed by atoms with Crippen LogP contribution in [0.5, 0.6) is 0 Å². The van der Waals surface area contributed by atoms with Gasteiger partial charge in [-0.25, -0.2) is 0 Å². The van der Waals surface area contributed by atoms with Gasteiger partial charge in [-0.05, 0) is 25.0 Å². The van der Waals surface area contributed by atoms with E-state index in [0.717, 1.165) is 16.7 Å². The van der Waals surface area contributed by atoms with Crippen LogP contribution >= 0.6 is 15.9 Å². The summed E-state index contributed by atoms with van der Waals surface area (Å²) in [5.74, 6) is -0.821. The molecule has 0 aliphatic heterocycles. The fourth-order valence-corrected chi connectivity index (χ4v) is 2.27. The van der Waals surface area contributed by atoms with Gasteiger partial charge in [0.1, 0.15) is 4.83 Å². The highest BCUT2D eigenvalue weighted by Crippen LogP contribution is 2.27. The average Bonchev–Trinajstić information content (AvgIpc) is 2.15. The minimum absolute atomic E-state index is 0.401.